The van der Waals surface area contributed by atoms with Crippen molar-refractivity contribution in [1.82, 2.24) is 0 Å². The molecule has 0 bridgehead atoms. The summed E-state index contributed by atoms with van der Waals surface area (Å²) in [5, 5.41) is 7.41. The summed E-state index contributed by atoms with van der Waals surface area (Å²) in [7, 11) is 0. The van der Waals surface area contributed by atoms with Gasteiger partial charge in [-0.1, -0.05) is 0 Å². The van der Waals surface area contributed by atoms with Crippen LogP contribution in [0.5, 0.6) is 0 Å². The molecule has 0 atom stereocenters. The summed E-state index contributed by atoms with van der Waals surface area (Å²) in [6, 6.07) is 0. The summed E-state index contributed by atoms with van der Waals surface area (Å²) in [5.74, 6) is 2.76. The molecular formula is C6H7N3. The van der Waals surface area contributed by atoms with Gasteiger partial charge in [0.25, 0.3) is 0 Å². The normalized spacial score (nSPS) is 16.7. The highest BCUT2D eigenvalue weighted by Gasteiger charge is 1.92. The van der Waals surface area contributed by atoms with E-state index in [1.54, 1.807) is 0 Å². The lowest BCUT2D eigenvalue weighted by Crippen LogP contribution is -1.90. The number of nitrogens with zero attached hydrogens (tertiary/aromatic N) is 3. The van der Waals surface area contributed by atoms with Gasteiger partial charge in [-0.25, -0.2) is 0 Å². The van der Waals surface area contributed by atoms with Gasteiger partial charge in [-0.3, -0.25) is 0 Å². The van der Waals surface area contributed by atoms with E-state index in [-0.39, 0.29) is 0 Å². The fraction of sp³-hybridized carbons (Fsp3) is 0.333. The van der Waals surface area contributed by atoms with Crippen molar-refractivity contribution in [3.8, 4) is 0 Å². The third-order valence-corrected chi connectivity index (χ3v) is 1.09. The minimum absolute atomic E-state index is 0.868. The van der Waals surface area contributed by atoms with Gasteiger partial charge in [0.15, 0.2) is 0 Å². The van der Waals surface area contributed by atoms with Crippen LogP contribution in [0.4, 0.5) is 0 Å². The SMILES string of the molecule is CC1=C=NC=NN=C1C. The first-order valence-corrected chi connectivity index (χ1v) is 2.66. The Morgan fingerprint density at radius 3 is 3.00 bits per heavy atom. The molecule has 0 aromatic carbocycles. The van der Waals surface area contributed by atoms with Crippen molar-refractivity contribution < 1.29 is 0 Å². The molecule has 1 aliphatic heterocycles. The molecule has 0 aromatic heterocycles. The molecule has 1 aliphatic rings. The maximum Gasteiger partial charge on any atom is 0.147 e. The standard InChI is InChI=1S/C6H7N3/c1-5-3-7-4-8-9-6(5)2/h4H,1-2H3. The average Bonchev–Trinajstić information content (AvgIpc) is 1.99. The van der Waals surface area contributed by atoms with Crippen LogP contribution in [0.3, 0.4) is 0 Å². The first-order chi connectivity index (χ1) is 4.30. The summed E-state index contributed by atoms with van der Waals surface area (Å²) < 4.78 is 0. The van der Waals surface area contributed by atoms with Gasteiger partial charge < -0.3 is 0 Å². The first kappa shape index (κ1) is 5.92. The molecule has 9 heavy (non-hydrogen) atoms. The number of allylic oxidation sites excluding steroid dienone is 1. The Hall–Kier alpha value is -1.21. The summed E-state index contributed by atoms with van der Waals surface area (Å²) in [6.45, 7) is 3.78. The highest BCUT2D eigenvalue weighted by Crippen LogP contribution is 1.93. The van der Waals surface area contributed by atoms with Crippen molar-refractivity contribution in [1.29, 1.82) is 0 Å². The maximum absolute atomic E-state index is 3.80. The molecule has 0 aliphatic carbocycles. The van der Waals surface area contributed by atoms with E-state index in [4.69, 9.17) is 0 Å². The average molecular weight is 121 g/mol. The van der Waals surface area contributed by atoms with Crippen molar-refractivity contribution >= 4 is 17.9 Å². The molecule has 3 heteroatoms. The minimum Gasteiger partial charge on any atom is -0.192 e. The zero-order valence-corrected chi connectivity index (χ0v) is 5.42. The van der Waals surface area contributed by atoms with Crippen LogP contribution in [0.1, 0.15) is 13.8 Å². The highest BCUT2D eigenvalue weighted by atomic mass is 15.2. The lowest BCUT2D eigenvalue weighted by atomic mass is 10.2. The molecule has 0 saturated heterocycles. The molecule has 0 fully saturated rings. The van der Waals surface area contributed by atoms with Crippen molar-refractivity contribution in [2.45, 2.75) is 13.8 Å². The summed E-state index contributed by atoms with van der Waals surface area (Å²) in [4.78, 5) is 3.71. The van der Waals surface area contributed by atoms with Crippen LogP contribution < -0.4 is 0 Å². The van der Waals surface area contributed by atoms with Gasteiger partial charge >= 0.3 is 0 Å². The molecule has 0 N–H and O–H groups in total. The van der Waals surface area contributed by atoms with Gasteiger partial charge in [-0.15, -0.1) is 5.10 Å². The number of aliphatic imine (C=N–C) groups is 1. The summed E-state index contributed by atoms with van der Waals surface area (Å²) in [5.41, 5.74) is 1.81. The Morgan fingerprint density at radius 2 is 2.22 bits per heavy atom. The Bertz CT molecular complexity index is 229. The van der Waals surface area contributed by atoms with Crippen LogP contribution in [0.25, 0.3) is 0 Å². The van der Waals surface area contributed by atoms with E-state index in [1.807, 2.05) is 13.8 Å². The van der Waals surface area contributed by atoms with E-state index in [2.05, 4.69) is 21.1 Å². The second-order valence-corrected chi connectivity index (χ2v) is 1.78. The van der Waals surface area contributed by atoms with Crippen molar-refractivity contribution in [2.75, 3.05) is 0 Å². The molecule has 0 unspecified atom stereocenters. The molecule has 0 radical (unpaired) electrons. The van der Waals surface area contributed by atoms with Crippen molar-refractivity contribution in [3.05, 3.63) is 5.57 Å². The zero-order chi connectivity index (χ0) is 6.69. The molecule has 1 heterocycles. The van der Waals surface area contributed by atoms with Crippen LogP contribution >= 0.6 is 0 Å². The Kier molecular flexibility index (Phi) is 1.56. The van der Waals surface area contributed by atoms with Gasteiger partial charge in [0.1, 0.15) is 6.34 Å². The van der Waals surface area contributed by atoms with Gasteiger partial charge in [-0.05, 0) is 19.7 Å². The lowest BCUT2D eigenvalue weighted by Gasteiger charge is -1.87. The molecule has 1 rings (SSSR count). The van der Waals surface area contributed by atoms with E-state index in [0.717, 1.165) is 11.3 Å². The van der Waals surface area contributed by atoms with E-state index in [0.29, 0.717) is 0 Å². The maximum atomic E-state index is 3.80. The molecule has 46 valence electrons. The van der Waals surface area contributed by atoms with Gasteiger partial charge in [0.05, 0.1) is 5.71 Å². The summed E-state index contributed by atoms with van der Waals surface area (Å²) in [6.07, 6.45) is 1.38. The van der Waals surface area contributed by atoms with E-state index in [9.17, 15) is 0 Å². The fourth-order valence-electron chi connectivity index (χ4n) is 0.420. The van der Waals surface area contributed by atoms with E-state index >= 15 is 0 Å². The van der Waals surface area contributed by atoms with Crippen molar-refractivity contribution in [3.63, 3.8) is 0 Å². The number of hydrogen-bond acceptors (Lipinski definition) is 3. The fourth-order valence-corrected chi connectivity index (χ4v) is 0.420. The molecular weight excluding hydrogens is 114 g/mol. The first-order valence-electron chi connectivity index (χ1n) is 2.66. The Labute approximate surface area is 53.5 Å². The minimum atomic E-state index is 0.868. The third kappa shape index (κ3) is 1.34. The number of rotatable bonds is 0. The van der Waals surface area contributed by atoms with Gasteiger partial charge in [0, 0.05) is 5.57 Å². The van der Waals surface area contributed by atoms with Crippen LogP contribution in [-0.2, 0) is 0 Å². The molecule has 0 saturated carbocycles. The van der Waals surface area contributed by atoms with E-state index < -0.39 is 0 Å². The molecule has 0 aromatic rings. The van der Waals surface area contributed by atoms with Crippen LogP contribution in [0, 0.1) is 0 Å². The zero-order valence-electron chi connectivity index (χ0n) is 5.42. The van der Waals surface area contributed by atoms with E-state index in [1.165, 1.54) is 6.34 Å². The smallest absolute Gasteiger partial charge is 0.147 e. The van der Waals surface area contributed by atoms with Crippen molar-refractivity contribution in [2.24, 2.45) is 15.2 Å². The monoisotopic (exact) mass is 121 g/mol. The highest BCUT2D eigenvalue weighted by molar-refractivity contribution is 6.06. The third-order valence-electron chi connectivity index (χ3n) is 1.09. The van der Waals surface area contributed by atoms with Gasteiger partial charge in [-0.2, -0.15) is 10.1 Å². The molecule has 3 nitrogen and oxygen atoms in total. The molecule has 0 spiro atoms. The number of hydrogen-bond donors (Lipinski definition) is 0. The Morgan fingerprint density at radius 1 is 1.44 bits per heavy atom. The second kappa shape index (κ2) is 2.37. The topological polar surface area (TPSA) is 37.1 Å². The van der Waals surface area contributed by atoms with Gasteiger partial charge in [0.2, 0.25) is 0 Å². The molecule has 0 amide bonds. The van der Waals surface area contributed by atoms with Crippen LogP contribution in [-0.4, -0.2) is 17.9 Å². The predicted octanol–water partition coefficient (Wildman–Crippen LogP) is 1.02. The van der Waals surface area contributed by atoms with Crippen LogP contribution in [0.15, 0.2) is 20.8 Å². The Balaban J connectivity index is 3.06. The predicted molar refractivity (Wildman–Crippen MR) is 38.2 cm³/mol. The summed E-state index contributed by atoms with van der Waals surface area (Å²) >= 11 is 0. The second-order valence-electron chi connectivity index (χ2n) is 1.78. The lowest BCUT2D eigenvalue weighted by molar-refractivity contribution is 1.23. The largest absolute Gasteiger partial charge is 0.192 e. The quantitative estimate of drug-likeness (QED) is 0.459. The van der Waals surface area contributed by atoms with Crippen LogP contribution in [0.2, 0.25) is 0 Å².